The van der Waals surface area contributed by atoms with E-state index in [9.17, 15) is 19.8 Å². The van der Waals surface area contributed by atoms with E-state index in [2.05, 4.69) is 5.32 Å². The molecule has 1 saturated carbocycles. The molecule has 3 rings (SSSR count). The number of rotatable bonds is 5. The summed E-state index contributed by atoms with van der Waals surface area (Å²) in [5.74, 6) is -0.408. The van der Waals surface area contributed by atoms with E-state index in [1.165, 1.54) is 0 Å². The summed E-state index contributed by atoms with van der Waals surface area (Å²) in [7, 11) is 0. The first-order valence-corrected chi connectivity index (χ1v) is 12.1. The van der Waals surface area contributed by atoms with Gasteiger partial charge >= 0.3 is 0 Å². The Balaban J connectivity index is 1.70. The Hall–Kier alpha value is -1.63. The fourth-order valence-corrected chi connectivity index (χ4v) is 5.22. The lowest BCUT2D eigenvalue weighted by Gasteiger charge is -2.51. The Morgan fingerprint density at radius 3 is 2.25 bits per heavy atom. The SMILES string of the molecule is CC(C)[C@@H](NC(=O)C1CCC(O)CC1)C(=O)N1CC[C@](O)(c2ccc(Cl)cc2)C(C)(C)C1. The van der Waals surface area contributed by atoms with Gasteiger partial charge in [-0.2, -0.15) is 0 Å². The van der Waals surface area contributed by atoms with E-state index in [1.54, 1.807) is 17.0 Å². The molecule has 178 valence electrons. The van der Waals surface area contributed by atoms with Crippen LogP contribution < -0.4 is 5.32 Å². The third-order valence-electron chi connectivity index (χ3n) is 7.38. The van der Waals surface area contributed by atoms with E-state index in [1.807, 2.05) is 39.8 Å². The van der Waals surface area contributed by atoms with Crippen LogP contribution in [0.15, 0.2) is 24.3 Å². The van der Waals surface area contributed by atoms with Gasteiger partial charge in [-0.05, 0) is 55.7 Å². The van der Waals surface area contributed by atoms with Gasteiger partial charge in [0.2, 0.25) is 11.8 Å². The lowest BCUT2D eigenvalue weighted by Crippen LogP contribution is -2.60. The van der Waals surface area contributed by atoms with Crippen molar-refractivity contribution in [1.82, 2.24) is 10.2 Å². The molecule has 3 N–H and O–H groups in total. The molecule has 2 amide bonds. The molecule has 32 heavy (non-hydrogen) atoms. The number of nitrogens with one attached hydrogen (secondary N) is 1. The van der Waals surface area contributed by atoms with Crippen LogP contribution in [0.4, 0.5) is 0 Å². The van der Waals surface area contributed by atoms with E-state index in [-0.39, 0.29) is 29.8 Å². The van der Waals surface area contributed by atoms with E-state index in [4.69, 9.17) is 11.6 Å². The zero-order valence-electron chi connectivity index (χ0n) is 19.6. The fraction of sp³-hybridized carbons (Fsp3) is 0.680. The molecule has 0 aromatic heterocycles. The van der Waals surface area contributed by atoms with E-state index in [0.29, 0.717) is 50.2 Å². The largest absolute Gasteiger partial charge is 0.393 e. The summed E-state index contributed by atoms with van der Waals surface area (Å²) in [6.07, 6.45) is 2.64. The average molecular weight is 465 g/mol. The number of hydrogen-bond donors (Lipinski definition) is 3. The van der Waals surface area contributed by atoms with Crippen molar-refractivity contribution in [3.05, 3.63) is 34.9 Å². The number of amides is 2. The molecule has 2 atom stereocenters. The fourth-order valence-electron chi connectivity index (χ4n) is 5.09. The Morgan fingerprint density at radius 2 is 1.72 bits per heavy atom. The quantitative estimate of drug-likeness (QED) is 0.622. The monoisotopic (exact) mass is 464 g/mol. The van der Waals surface area contributed by atoms with Gasteiger partial charge in [-0.25, -0.2) is 0 Å². The standard InChI is InChI=1S/C25H37ClN2O4/c1-16(2)21(27-22(30)17-5-11-20(29)12-6-17)23(31)28-14-13-25(32,24(3,4)15-28)18-7-9-19(26)10-8-18/h7-10,16-17,20-21,29,32H,5-6,11-15H2,1-4H3,(H,27,30)/t17?,20?,21-,25+/m1/s1. The second kappa shape index (κ2) is 9.70. The number of benzene rings is 1. The number of likely N-dealkylation sites (tertiary alicyclic amines) is 1. The van der Waals surface area contributed by atoms with Gasteiger partial charge in [0.15, 0.2) is 0 Å². The summed E-state index contributed by atoms with van der Waals surface area (Å²) in [6.45, 7) is 8.61. The second-order valence-corrected chi connectivity index (χ2v) is 10.9. The molecule has 6 nitrogen and oxygen atoms in total. The van der Waals surface area contributed by atoms with Crippen LogP contribution in [0.5, 0.6) is 0 Å². The maximum Gasteiger partial charge on any atom is 0.245 e. The molecular formula is C25H37ClN2O4. The van der Waals surface area contributed by atoms with Crippen molar-refractivity contribution < 1.29 is 19.8 Å². The topological polar surface area (TPSA) is 89.9 Å². The molecule has 0 bridgehead atoms. The molecule has 1 heterocycles. The molecule has 2 fully saturated rings. The molecule has 1 aromatic carbocycles. The summed E-state index contributed by atoms with van der Waals surface area (Å²) in [5, 5.41) is 24.9. The van der Waals surface area contributed by atoms with Crippen LogP contribution in [0.1, 0.15) is 65.4 Å². The van der Waals surface area contributed by atoms with Gasteiger partial charge in [-0.1, -0.05) is 51.4 Å². The molecule has 0 radical (unpaired) electrons. The zero-order valence-corrected chi connectivity index (χ0v) is 20.4. The number of aliphatic hydroxyl groups is 2. The Bertz CT molecular complexity index is 818. The van der Waals surface area contributed by atoms with Crippen molar-refractivity contribution in [1.29, 1.82) is 0 Å². The van der Waals surface area contributed by atoms with Crippen LogP contribution in [0.2, 0.25) is 5.02 Å². The summed E-state index contributed by atoms with van der Waals surface area (Å²) < 4.78 is 0. The summed E-state index contributed by atoms with van der Waals surface area (Å²) in [6, 6.07) is 6.64. The first kappa shape index (κ1) is 25.0. The summed E-state index contributed by atoms with van der Waals surface area (Å²) in [5.41, 5.74) is -0.861. The van der Waals surface area contributed by atoms with Crippen LogP contribution in [0, 0.1) is 17.3 Å². The molecular weight excluding hydrogens is 428 g/mol. The van der Waals surface area contributed by atoms with Crippen LogP contribution >= 0.6 is 11.6 Å². The van der Waals surface area contributed by atoms with Crippen LogP contribution in [0.25, 0.3) is 0 Å². The highest BCUT2D eigenvalue weighted by molar-refractivity contribution is 6.30. The lowest BCUT2D eigenvalue weighted by atomic mass is 9.66. The van der Waals surface area contributed by atoms with Crippen molar-refractivity contribution in [2.24, 2.45) is 17.3 Å². The van der Waals surface area contributed by atoms with Gasteiger partial charge in [0, 0.05) is 29.4 Å². The highest BCUT2D eigenvalue weighted by atomic mass is 35.5. The molecule has 7 heteroatoms. The molecule has 2 aliphatic rings. The smallest absolute Gasteiger partial charge is 0.245 e. The molecule has 1 aliphatic heterocycles. The number of halogens is 1. The van der Waals surface area contributed by atoms with Gasteiger partial charge in [-0.15, -0.1) is 0 Å². The molecule has 0 unspecified atom stereocenters. The highest BCUT2D eigenvalue weighted by Crippen LogP contribution is 2.46. The van der Waals surface area contributed by atoms with Gasteiger partial charge in [0.1, 0.15) is 6.04 Å². The first-order chi connectivity index (χ1) is 14.9. The Morgan fingerprint density at radius 1 is 1.12 bits per heavy atom. The molecule has 1 aromatic rings. The Labute approximate surface area is 196 Å². The number of carbonyl (C=O) groups is 2. The zero-order chi connectivity index (χ0) is 23.7. The average Bonchev–Trinajstić information content (AvgIpc) is 2.74. The summed E-state index contributed by atoms with van der Waals surface area (Å²) >= 11 is 6.02. The predicted octanol–water partition coefficient (Wildman–Crippen LogP) is 3.48. The summed E-state index contributed by atoms with van der Waals surface area (Å²) in [4.78, 5) is 28.1. The minimum absolute atomic E-state index is 0.0548. The van der Waals surface area contributed by atoms with Crippen molar-refractivity contribution in [2.45, 2.75) is 77.5 Å². The van der Waals surface area contributed by atoms with Crippen LogP contribution in [0.3, 0.4) is 0 Å². The number of carbonyl (C=O) groups excluding carboxylic acids is 2. The van der Waals surface area contributed by atoms with Gasteiger partial charge < -0.3 is 20.4 Å². The molecule has 1 saturated heterocycles. The highest BCUT2D eigenvalue weighted by Gasteiger charge is 2.50. The lowest BCUT2D eigenvalue weighted by molar-refractivity contribution is -0.157. The van der Waals surface area contributed by atoms with Crippen molar-refractivity contribution in [3.8, 4) is 0 Å². The second-order valence-electron chi connectivity index (χ2n) is 10.5. The number of hydrogen-bond acceptors (Lipinski definition) is 4. The van der Waals surface area contributed by atoms with Crippen molar-refractivity contribution in [3.63, 3.8) is 0 Å². The Kier molecular flexibility index (Phi) is 7.58. The minimum atomic E-state index is -1.08. The maximum atomic E-state index is 13.5. The van der Waals surface area contributed by atoms with Gasteiger partial charge in [0.05, 0.1) is 11.7 Å². The molecule has 0 spiro atoms. The van der Waals surface area contributed by atoms with Gasteiger partial charge in [-0.3, -0.25) is 9.59 Å². The number of piperidine rings is 1. The molecule has 1 aliphatic carbocycles. The minimum Gasteiger partial charge on any atom is -0.393 e. The normalized spacial score (nSPS) is 28.9. The maximum absolute atomic E-state index is 13.5. The van der Waals surface area contributed by atoms with E-state index >= 15 is 0 Å². The van der Waals surface area contributed by atoms with Crippen molar-refractivity contribution in [2.75, 3.05) is 13.1 Å². The number of aliphatic hydroxyl groups excluding tert-OH is 1. The van der Waals surface area contributed by atoms with Gasteiger partial charge in [0.25, 0.3) is 0 Å². The first-order valence-electron chi connectivity index (χ1n) is 11.7. The number of nitrogens with zero attached hydrogens (tertiary/aromatic N) is 1. The third kappa shape index (κ3) is 5.13. The third-order valence-corrected chi connectivity index (χ3v) is 7.63. The van der Waals surface area contributed by atoms with E-state index < -0.39 is 17.1 Å². The predicted molar refractivity (Wildman–Crippen MR) is 125 cm³/mol. The van der Waals surface area contributed by atoms with Crippen LogP contribution in [-0.4, -0.2) is 52.2 Å². The van der Waals surface area contributed by atoms with Crippen LogP contribution in [-0.2, 0) is 15.2 Å². The van der Waals surface area contributed by atoms with E-state index in [0.717, 1.165) is 5.56 Å². The van der Waals surface area contributed by atoms with Crippen molar-refractivity contribution >= 4 is 23.4 Å².